The van der Waals surface area contributed by atoms with Crippen LogP contribution in [0.3, 0.4) is 0 Å². The summed E-state index contributed by atoms with van der Waals surface area (Å²) in [5, 5.41) is 30.3. The molecule has 9 heteroatoms. The average Bonchev–Trinajstić information content (AvgIpc) is 1.84. The first-order chi connectivity index (χ1) is 42.7. The van der Waals surface area contributed by atoms with E-state index in [1.165, 1.54) is 55.6 Å². The third kappa shape index (κ3) is 8.92. The molecule has 0 unspecified atom stereocenters. The number of hydrogen-bond acceptors (Lipinski definition) is 7. The summed E-state index contributed by atoms with van der Waals surface area (Å²) in [7, 11) is 0. The Morgan fingerprint density at radius 2 is 0.652 bits per heavy atom. The van der Waals surface area contributed by atoms with Crippen molar-refractivity contribution in [2.75, 3.05) is 0 Å². The molecule has 428 valence electrons. The summed E-state index contributed by atoms with van der Waals surface area (Å²) in [6.07, 6.45) is 0. The summed E-state index contributed by atoms with van der Waals surface area (Å²) in [5.41, 5.74) is 25.0. The van der Waals surface area contributed by atoms with Gasteiger partial charge in [-0.1, -0.05) is 191 Å². The maximum Gasteiger partial charge on any atom is 0.143 e. The van der Waals surface area contributed by atoms with Gasteiger partial charge in [-0.15, -0.1) is 20.4 Å². The van der Waals surface area contributed by atoms with Gasteiger partial charge in [0, 0.05) is 66.3 Å². The first kappa shape index (κ1) is 54.2. The van der Waals surface area contributed by atoms with Gasteiger partial charge in [-0.05, 0) is 149 Å². The molecule has 9 nitrogen and oxygen atoms in total. The molecule has 0 aliphatic rings. The fourth-order valence-electron chi connectivity index (χ4n) is 13.1. The van der Waals surface area contributed by atoms with Crippen molar-refractivity contribution in [3.63, 3.8) is 0 Å². The van der Waals surface area contributed by atoms with Crippen LogP contribution in [0.25, 0.3) is 165 Å². The van der Waals surface area contributed by atoms with Gasteiger partial charge in [0.2, 0.25) is 0 Å². The Bertz CT molecular complexity index is 5500. The highest BCUT2D eigenvalue weighted by molar-refractivity contribution is 6.12. The SMILES string of the molecule is C.C.Cc1cc(-c2cccc3c2oc2ccccc23)c(C)cc1-c1cccc(-c2cc(C)c(-c3cccc4c3oc3ccccc34)cc2C)c1.c1ccc2c(c1)ccc1nn(-c3ccc4c(c3)oc3cc(-n5nc6ccc7ccccc7c6n5)ccc34)nc12. The van der Waals surface area contributed by atoms with Gasteiger partial charge in [0.05, 0.1) is 11.4 Å². The van der Waals surface area contributed by atoms with Crippen molar-refractivity contribution in [3.8, 4) is 55.9 Å². The van der Waals surface area contributed by atoms with Crippen LogP contribution < -0.4 is 0 Å². The topological polar surface area (TPSA) is 101 Å². The number of rotatable bonds is 6. The molecule has 0 bridgehead atoms. The molecular weight excluding hydrogens is 1090 g/mol. The highest BCUT2D eigenvalue weighted by Gasteiger charge is 2.20. The van der Waals surface area contributed by atoms with E-state index in [2.05, 4.69) is 185 Å². The lowest BCUT2D eigenvalue weighted by atomic mass is 9.88. The second-order valence-electron chi connectivity index (χ2n) is 22.9. The van der Waals surface area contributed by atoms with Gasteiger partial charge in [-0.25, -0.2) is 0 Å². The zero-order valence-corrected chi connectivity index (χ0v) is 48.0. The molecule has 0 saturated carbocycles. The Morgan fingerprint density at radius 1 is 0.270 bits per heavy atom. The molecule has 0 atom stereocenters. The van der Waals surface area contributed by atoms with E-state index in [1.54, 1.807) is 9.59 Å². The fraction of sp³-hybridized carbons (Fsp3) is 0.0750. The lowest BCUT2D eigenvalue weighted by molar-refractivity contribution is 0.664. The van der Waals surface area contributed by atoms with Crippen LogP contribution in [0.4, 0.5) is 0 Å². The Labute approximate surface area is 513 Å². The Balaban J connectivity index is 0.000000148. The van der Waals surface area contributed by atoms with E-state index in [4.69, 9.17) is 33.6 Å². The number of para-hydroxylation sites is 4. The van der Waals surface area contributed by atoms with Gasteiger partial charge in [-0.3, -0.25) is 0 Å². The summed E-state index contributed by atoms with van der Waals surface area (Å²) in [6.45, 7) is 8.84. The smallest absolute Gasteiger partial charge is 0.143 e. The number of benzene rings is 13. The van der Waals surface area contributed by atoms with Crippen LogP contribution in [0.5, 0.6) is 0 Å². The first-order valence-corrected chi connectivity index (χ1v) is 29.3. The van der Waals surface area contributed by atoms with Gasteiger partial charge in [-0.2, -0.15) is 9.59 Å². The number of furan rings is 3. The van der Waals surface area contributed by atoms with Crippen molar-refractivity contribution in [1.29, 1.82) is 0 Å². The largest absolute Gasteiger partial charge is 0.456 e. The van der Waals surface area contributed by atoms with Gasteiger partial charge in [0.15, 0.2) is 0 Å². The molecular formula is C80H60N6O3. The van der Waals surface area contributed by atoms with Gasteiger partial charge < -0.3 is 13.3 Å². The summed E-state index contributed by atoms with van der Waals surface area (Å²) < 4.78 is 19.1. The number of fused-ring (bicyclic) bond motifs is 15. The number of aryl methyl sites for hydroxylation is 4. The molecule has 18 aromatic rings. The molecule has 0 saturated heterocycles. The first-order valence-electron chi connectivity index (χ1n) is 29.3. The van der Waals surface area contributed by atoms with E-state index in [-0.39, 0.29) is 14.9 Å². The number of nitrogens with zero attached hydrogens (tertiary/aromatic N) is 6. The predicted molar refractivity (Wildman–Crippen MR) is 369 cm³/mol. The maximum atomic E-state index is 6.40. The van der Waals surface area contributed by atoms with Crippen LogP contribution in [0, 0.1) is 27.7 Å². The van der Waals surface area contributed by atoms with E-state index < -0.39 is 0 Å². The predicted octanol–water partition coefficient (Wildman–Crippen LogP) is 22.0. The maximum absolute atomic E-state index is 6.40. The molecule has 0 fully saturated rings. The molecule has 5 aromatic heterocycles. The Kier molecular flexibility index (Phi) is 12.9. The van der Waals surface area contributed by atoms with Gasteiger partial charge in [0.25, 0.3) is 0 Å². The third-order valence-electron chi connectivity index (χ3n) is 17.5. The molecule has 0 radical (unpaired) electrons. The second kappa shape index (κ2) is 21.2. The van der Waals surface area contributed by atoms with Crippen LogP contribution >= 0.6 is 0 Å². The molecule has 89 heavy (non-hydrogen) atoms. The molecule has 0 N–H and O–H groups in total. The average molecular weight is 1150 g/mol. The van der Waals surface area contributed by atoms with Crippen molar-refractivity contribution in [2.24, 2.45) is 0 Å². The number of hydrogen-bond donors (Lipinski definition) is 0. The van der Waals surface area contributed by atoms with Crippen molar-refractivity contribution in [1.82, 2.24) is 30.0 Å². The van der Waals surface area contributed by atoms with Crippen molar-refractivity contribution in [2.45, 2.75) is 42.5 Å². The fourth-order valence-corrected chi connectivity index (χ4v) is 13.1. The number of aromatic nitrogens is 6. The van der Waals surface area contributed by atoms with Crippen LogP contribution in [-0.2, 0) is 0 Å². The van der Waals surface area contributed by atoms with Crippen molar-refractivity contribution < 1.29 is 13.3 Å². The molecule has 5 heterocycles. The van der Waals surface area contributed by atoms with E-state index in [9.17, 15) is 0 Å². The van der Waals surface area contributed by atoms with Crippen molar-refractivity contribution >= 4 is 109 Å². The summed E-state index contributed by atoms with van der Waals surface area (Å²) in [5.74, 6) is 0. The summed E-state index contributed by atoms with van der Waals surface area (Å²) >= 11 is 0. The zero-order valence-electron chi connectivity index (χ0n) is 48.0. The lowest BCUT2D eigenvalue weighted by Gasteiger charge is -2.16. The van der Waals surface area contributed by atoms with Crippen LogP contribution in [0.2, 0.25) is 0 Å². The lowest BCUT2D eigenvalue weighted by Crippen LogP contribution is -1.97. The molecule has 0 aliphatic carbocycles. The van der Waals surface area contributed by atoms with Crippen LogP contribution in [-0.4, -0.2) is 30.0 Å². The monoisotopic (exact) mass is 1150 g/mol. The Hall–Kier alpha value is -11.4. The van der Waals surface area contributed by atoms with Crippen LogP contribution in [0.1, 0.15) is 37.1 Å². The third-order valence-corrected chi connectivity index (χ3v) is 17.5. The van der Waals surface area contributed by atoms with E-state index >= 15 is 0 Å². The molecule has 0 aliphatic heterocycles. The van der Waals surface area contributed by atoms with Gasteiger partial charge >= 0.3 is 0 Å². The molecule has 0 spiro atoms. The zero-order chi connectivity index (χ0) is 58.0. The minimum absolute atomic E-state index is 0. The Morgan fingerprint density at radius 3 is 1.12 bits per heavy atom. The van der Waals surface area contributed by atoms with E-state index in [0.717, 1.165) is 132 Å². The summed E-state index contributed by atoms with van der Waals surface area (Å²) in [6, 6.07) is 84.6. The van der Waals surface area contributed by atoms with E-state index in [0.29, 0.717) is 0 Å². The highest BCUT2D eigenvalue weighted by Crippen LogP contribution is 2.43. The summed E-state index contributed by atoms with van der Waals surface area (Å²) in [4.78, 5) is 3.36. The van der Waals surface area contributed by atoms with Crippen LogP contribution in [0.15, 0.2) is 256 Å². The standard InChI is InChI=1S/C46H34O2.C32H18N6O.2CH4/c1-27-24-41(37-18-10-16-35-33-14-5-7-20-43(33)47-45(35)37)29(3)22-39(27)31-12-9-13-32(26-31)40-23-30(4)42(25-28(40)2)38-19-11-17-36-34-15-6-8-21-44(34)48-46(36)38;1-3-7-23-19(5-1)9-15-27-31(23)35-37(33-27)21-11-13-25-26-14-12-22(18-30(26)39-29(25)17-21)38-34-28-16-10-20-6-2-4-8-24(20)32(28)36-38;;/h5-26H,1-4H3;1-18H;2*1H4. The van der Waals surface area contributed by atoms with Gasteiger partial charge in [0.1, 0.15) is 55.6 Å². The molecule has 13 aromatic carbocycles. The molecule has 18 rings (SSSR count). The highest BCUT2D eigenvalue weighted by atomic mass is 16.3. The quantitative estimate of drug-likeness (QED) is 0.163. The minimum Gasteiger partial charge on any atom is -0.456 e. The normalized spacial score (nSPS) is 11.6. The van der Waals surface area contributed by atoms with Crippen molar-refractivity contribution in [3.05, 3.63) is 265 Å². The van der Waals surface area contributed by atoms with E-state index in [1.807, 2.05) is 84.9 Å². The minimum atomic E-state index is 0. The molecule has 0 amide bonds. The second-order valence-corrected chi connectivity index (χ2v) is 22.9.